The molecule has 20 heavy (non-hydrogen) atoms. The fraction of sp³-hybridized carbons (Fsp3) is 1.00. The molecule has 118 valence electrons. The van der Waals surface area contributed by atoms with Crippen molar-refractivity contribution in [3.05, 3.63) is 0 Å². The summed E-state index contributed by atoms with van der Waals surface area (Å²) in [5.41, 5.74) is 3.04. The van der Waals surface area contributed by atoms with Crippen molar-refractivity contribution >= 4 is 9.84 Å². The maximum absolute atomic E-state index is 11.8. The average Bonchev–Trinajstić information content (AvgIpc) is 2.88. The van der Waals surface area contributed by atoms with Gasteiger partial charge in [0.15, 0.2) is 0 Å². The topological polar surface area (TPSA) is 72.2 Å². The van der Waals surface area contributed by atoms with Gasteiger partial charge in [-0.1, -0.05) is 26.2 Å². The minimum atomic E-state index is -2.91. The molecule has 0 aromatic heterocycles. The summed E-state index contributed by atoms with van der Waals surface area (Å²) in [6, 6.07) is 0.302. The number of nitrogens with two attached hydrogens (primary N) is 1. The molecular formula is C15H30N2O2S. The predicted octanol–water partition coefficient (Wildman–Crippen LogP) is 2.25. The largest absolute Gasteiger partial charge is 0.271 e. The van der Waals surface area contributed by atoms with Gasteiger partial charge < -0.3 is 0 Å². The first kappa shape index (κ1) is 16.2. The lowest BCUT2D eigenvalue weighted by Crippen LogP contribution is -2.48. The van der Waals surface area contributed by atoms with Crippen LogP contribution in [0.4, 0.5) is 0 Å². The van der Waals surface area contributed by atoms with E-state index < -0.39 is 9.84 Å². The second kappa shape index (κ2) is 6.75. The molecule has 0 amide bonds. The summed E-state index contributed by atoms with van der Waals surface area (Å²) in [5, 5.41) is -0.152. The van der Waals surface area contributed by atoms with Crippen molar-refractivity contribution in [3.63, 3.8) is 0 Å². The van der Waals surface area contributed by atoms with Crippen LogP contribution in [-0.4, -0.2) is 26.0 Å². The molecule has 0 saturated heterocycles. The molecule has 2 aliphatic rings. The van der Waals surface area contributed by atoms with Crippen molar-refractivity contribution in [1.29, 1.82) is 0 Å². The van der Waals surface area contributed by atoms with Crippen LogP contribution in [0.2, 0.25) is 0 Å². The van der Waals surface area contributed by atoms with Gasteiger partial charge in [0.2, 0.25) is 0 Å². The van der Waals surface area contributed by atoms with E-state index in [-0.39, 0.29) is 5.25 Å². The first-order valence-electron chi connectivity index (χ1n) is 8.10. The highest BCUT2D eigenvalue weighted by Crippen LogP contribution is 2.40. The second-order valence-electron chi connectivity index (χ2n) is 6.92. The number of sulfone groups is 1. The molecule has 5 atom stereocenters. The van der Waals surface area contributed by atoms with Crippen molar-refractivity contribution in [2.24, 2.45) is 23.6 Å². The molecule has 0 aromatic carbocycles. The summed E-state index contributed by atoms with van der Waals surface area (Å²) in [4.78, 5) is 0. The number of hydrazine groups is 1. The highest BCUT2D eigenvalue weighted by molar-refractivity contribution is 7.91. The van der Waals surface area contributed by atoms with Gasteiger partial charge in [0, 0.05) is 12.3 Å². The molecule has 2 saturated carbocycles. The standard InChI is InChI=1S/C15H30N2O2S/c1-3-11-7-8-13(9-11)15(17-16)12-5-4-6-14(10-12)20(2,18)19/h11-15,17H,3-10,16H2,1-2H3. The minimum absolute atomic E-state index is 0.152. The smallest absolute Gasteiger partial charge is 0.150 e. The van der Waals surface area contributed by atoms with Gasteiger partial charge in [-0.2, -0.15) is 0 Å². The lowest BCUT2D eigenvalue weighted by atomic mass is 9.78. The summed E-state index contributed by atoms with van der Waals surface area (Å²) < 4.78 is 23.6. The summed E-state index contributed by atoms with van der Waals surface area (Å²) in [5.74, 6) is 7.72. The number of hydrogen-bond acceptors (Lipinski definition) is 4. The fourth-order valence-electron chi connectivity index (χ4n) is 4.36. The van der Waals surface area contributed by atoms with Gasteiger partial charge in [0.05, 0.1) is 5.25 Å². The van der Waals surface area contributed by atoms with Crippen LogP contribution in [-0.2, 0) is 9.84 Å². The van der Waals surface area contributed by atoms with E-state index in [0.717, 1.165) is 31.6 Å². The van der Waals surface area contributed by atoms with Crippen LogP contribution in [0.25, 0.3) is 0 Å². The van der Waals surface area contributed by atoms with Gasteiger partial charge in [0.25, 0.3) is 0 Å². The molecule has 3 N–H and O–H groups in total. The van der Waals surface area contributed by atoms with Gasteiger partial charge in [-0.15, -0.1) is 0 Å². The molecular weight excluding hydrogens is 272 g/mol. The zero-order valence-corrected chi connectivity index (χ0v) is 13.7. The van der Waals surface area contributed by atoms with Gasteiger partial charge in [-0.3, -0.25) is 11.3 Å². The van der Waals surface area contributed by atoms with E-state index in [1.807, 2.05) is 0 Å². The van der Waals surface area contributed by atoms with Gasteiger partial charge in [-0.25, -0.2) is 8.42 Å². The lowest BCUT2D eigenvalue weighted by Gasteiger charge is -2.36. The Morgan fingerprint density at radius 1 is 1.15 bits per heavy atom. The molecule has 5 heteroatoms. The summed E-state index contributed by atoms with van der Waals surface area (Å²) in [6.07, 6.45) is 10.2. The Bertz CT molecular complexity index is 410. The Labute approximate surface area is 123 Å². The highest BCUT2D eigenvalue weighted by Gasteiger charge is 2.38. The molecule has 0 aromatic rings. The molecule has 2 fully saturated rings. The van der Waals surface area contributed by atoms with E-state index in [4.69, 9.17) is 5.84 Å². The maximum Gasteiger partial charge on any atom is 0.150 e. The molecule has 5 unspecified atom stereocenters. The third-order valence-electron chi connectivity index (χ3n) is 5.64. The first-order chi connectivity index (χ1) is 9.45. The van der Waals surface area contributed by atoms with E-state index in [0.29, 0.717) is 17.9 Å². The Kier molecular flexibility index (Phi) is 5.49. The molecule has 0 bridgehead atoms. The predicted molar refractivity (Wildman–Crippen MR) is 82.8 cm³/mol. The third kappa shape index (κ3) is 3.74. The van der Waals surface area contributed by atoms with Crippen molar-refractivity contribution in [1.82, 2.24) is 5.43 Å². The summed E-state index contributed by atoms with van der Waals surface area (Å²) in [7, 11) is -2.91. The number of hydrogen-bond donors (Lipinski definition) is 2. The van der Waals surface area contributed by atoms with E-state index >= 15 is 0 Å². The Balaban J connectivity index is 2.00. The van der Waals surface area contributed by atoms with Crippen LogP contribution in [0.5, 0.6) is 0 Å². The molecule has 2 aliphatic carbocycles. The van der Waals surface area contributed by atoms with E-state index in [9.17, 15) is 8.42 Å². The van der Waals surface area contributed by atoms with Gasteiger partial charge in [0.1, 0.15) is 9.84 Å². The number of rotatable bonds is 5. The quantitative estimate of drug-likeness (QED) is 0.603. The van der Waals surface area contributed by atoms with Gasteiger partial charge >= 0.3 is 0 Å². The fourth-order valence-corrected chi connectivity index (χ4v) is 5.56. The van der Waals surface area contributed by atoms with Crippen molar-refractivity contribution < 1.29 is 8.42 Å². The maximum atomic E-state index is 11.8. The first-order valence-corrected chi connectivity index (χ1v) is 10.1. The molecule has 0 spiro atoms. The van der Waals surface area contributed by atoms with Crippen molar-refractivity contribution in [3.8, 4) is 0 Å². The Hall–Kier alpha value is -0.130. The Morgan fingerprint density at radius 3 is 2.40 bits per heavy atom. The third-order valence-corrected chi connectivity index (χ3v) is 7.28. The van der Waals surface area contributed by atoms with Crippen molar-refractivity contribution in [2.45, 2.75) is 69.6 Å². The van der Waals surface area contributed by atoms with Crippen molar-refractivity contribution in [2.75, 3.05) is 6.26 Å². The zero-order chi connectivity index (χ0) is 14.8. The van der Waals surface area contributed by atoms with Crippen LogP contribution in [0.1, 0.15) is 58.3 Å². The van der Waals surface area contributed by atoms with Crippen LogP contribution in [0, 0.1) is 17.8 Å². The van der Waals surface area contributed by atoms with Gasteiger partial charge in [-0.05, 0) is 49.9 Å². The van der Waals surface area contributed by atoms with E-state index in [1.54, 1.807) is 0 Å². The van der Waals surface area contributed by atoms with Crippen LogP contribution >= 0.6 is 0 Å². The highest BCUT2D eigenvalue weighted by atomic mass is 32.2. The summed E-state index contributed by atoms with van der Waals surface area (Å²) in [6.45, 7) is 2.26. The number of nitrogens with one attached hydrogen (secondary N) is 1. The Morgan fingerprint density at radius 2 is 1.85 bits per heavy atom. The molecule has 0 heterocycles. The molecule has 0 radical (unpaired) electrons. The van der Waals surface area contributed by atoms with E-state index in [1.165, 1.54) is 31.9 Å². The zero-order valence-electron chi connectivity index (χ0n) is 12.8. The summed E-state index contributed by atoms with van der Waals surface area (Å²) >= 11 is 0. The molecule has 0 aliphatic heterocycles. The minimum Gasteiger partial charge on any atom is -0.271 e. The second-order valence-corrected chi connectivity index (χ2v) is 9.24. The SMILES string of the molecule is CCC1CCC(C(NN)C2CCCC(S(C)(=O)=O)C2)C1. The van der Waals surface area contributed by atoms with Crippen LogP contribution in [0.15, 0.2) is 0 Å². The van der Waals surface area contributed by atoms with E-state index in [2.05, 4.69) is 12.3 Å². The lowest BCUT2D eigenvalue weighted by molar-refractivity contribution is 0.206. The van der Waals surface area contributed by atoms with Crippen LogP contribution < -0.4 is 11.3 Å². The molecule has 2 rings (SSSR count). The normalized spacial score (nSPS) is 37.0. The van der Waals surface area contributed by atoms with Crippen LogP contribution in [0.3, 0.4) is 0 Å². The molecule has 4 nitrogen and oxygen atoms in total. The monoisotopic (exact) mass is 302 g/mol. The average molecular weight is 302 g/mol.